The molecule has 1 N–H and O–H groups in total. The Morgan fingerprint density at radius 3 is 2.71 bits per heavy atom. The summed E-state index contributed by atoms with van der Waals surface area (Å²) in [5, 5.41) is 11.8. The molecule has 0 amide bonds. The van der Waals surface area contributed by atoms with E-state index in [0.717, 1.165) is 26.1 Å². The van der Waals surface area contributed by atoms with Gasteiger partial charge < -0.3 is 5.32 Å². The van der Waals surface area contributed by atoms with Crippen molar-refractivity contribution in [1.82, 2.24) is 15.5 Å². The second-order valence-electron chi connectivity index (χ2n) is 4.50. The highest BCUT2D eigenvalue weighted by Gasteiger charge is 2.11. The van der Waals surface area contributed by atoms with Gasteiger partial charge in [0.25, 0.3) is 0 Å². The van der Waals surface area contributed by atoms with Gasteiger partial charge in [-0.3, -0.25) is 0 Å². The molecule has 0 radical (unpaired) electrons. The highest BCUT2D eigenvalue weighted by atomic mass is 79.9. The third-order valence-electron chi connectivity index (χ3n) is 2.91. The minimum atomic E-state index is 0.350. The van der Waals surface area contributed by atoms with E-state index >= 15 is 0 Å². The standard InChI is InChI=1S/C14H18BrN3S3/c1-4-7-16-9(2)11-6-5-10(8-12(11)15)20-14-18-17-13(19-3)21-14/h5-6,8-9,16H,4,7H2,1-3H3. The molecule has 1 heterocycles. The number of aromatic nitrogens is 2. The highest BCUT2D eigenvalue weighted by molar-refractivity contribution is 9.10. The molecule has 1 aromatic heterocycles. The molecule has 0 aliphatic heterocycles. The average molecular weight is 404 g/mol. The van der Waals surface area contributed by atoms with Crippen LogP contribution in [-0.4, -0.2) is 23.0 Å². The summed E-state index contributed by atoms with van der Waals surface area (Å²) in [6.45, 7) is 5.41. The fourth-order valence-corrected chi connectivity index (χ4v) is 5.14. The maximum atomic E-state index is 4.19. The smallest absolute Gasteiger partial charge is 0.179 e. The minimum absolute atomic E-state index is 0.350. The molecule has 1 atom stereocenters. The van der Waals surface area contributed by atoms with Crippen molar-refractivity contribution < 1.29 is 0 Å². The Bertz CT molecular complexity index is 589. The predicted molar refractivity (Wildman–Crippen MR) is 96.7 cm³/mol. The molecule has 114 valence electrons. The van der Waals surface area contributed by atoms with Crippen molar-refractivity contribution in [3.05, 3.63) is 28.2 Å². The van der Waals surface area contributed by atoms with Crippen LogP contribution >= 0.6 is 50.8 Å². The lowest BCUT2D eigenvalue weighted by Gasteiger charge is -2.16. The van der Waals surface area contributed by atoms with Gasteiger partial charge in [0.2, 0.25) is 0 Å². The zero-order chi connectivity index (χ0) is 15.2. The molecule has 0 spiro atoms. The third-order valence-corrected chi connectivity index (χ3v) is 6.53. The normalized spacial score (nSPS) is 12.6. The SMILES string of the molecule is CCCNC(C)c1ccc(Sc2nnc(SC)s2)cc1Br. The Hall–Kier alpha value is -0.0800. The molecule has 2 rings (SSSR count). The summed E-state index contributed by atoms with van der Waals surface area (Å²) in [5.74, 6) is 0. The van der Waals surface area contributed by atoms with Crippen molar-refractivity contribution >= 4 is 50.8 Å². The number of hydrogen-bond donors (Lipinski definition) is 1. The van der Waals surface area contributed by atoms with Gasteiger partial charge in [-0.15, -0.1) is 10.2 Å². The third kappa shape index (κ3) is 4.96. The molecule has 1 unspecified atom stereocenters. The number of nitrogens with zero attached hydrogens (tertiary/aromatic N) is 2. The zero-order valence-corrected chi connectivity index (χ0v) is 16.3. The van der Waals surface area contributed by atoms with Crippen LogP contribution in [0.1, 0.15) is 31.9 Å². The van der Waals surface area contributed by atoms with Gasteiger partial charge in [0.15, 0.2) is 8.68 Å². The molecular weight excluding hydrogens is 386 g/mol. The summed E-state index contributed by atoms with van der Waals surface area (Å²) >= 11 is 8.60. The Balaban J connectivity index is 2.07. The summed E-state index contributed by atoms with van der Waals surface area (Å²) in [4.78, 5) is 1.18. The van der Waals surface area contributed by atoms with E-state index < -0.39 is 0 Å². The van der Waals surface area contributed by atoms with Crippen LogP contribution in [0.5, 0.6) is 0 Å². The monoisotopic (exact) mass is 403 g/mol. The lowest BCUT2D eigenvalue weighted by molar-refractivity contribution is 0.568. The van der Waals surface area contributed by atoms with Gasteiger partial charge in [-0.2, -0.15) is 0 Å². The highest BCUT2D eigenvalue weighted by Crippen LogP contribution is 2.35. The van der Waals surface area contributed by atoms with Gasteiger partial charge >= 0.3 is 0 Å². The lowest BCUT2D eigenvalue weighted by Crippen LogP contribution is -2.19. The van der Waals surface area contributed by atoms with Gasteiger partial charge in [0.05, 0.1) is 0 Å². The van der Waals surface area contributed by atoms with E-state index in [4.69, 9.17) is 0 Å². The molecule has 1 aromatic carbocycles. The summed E-state index contributed by atoms with van der Waals surface area (Å²) in [6.07, 6.45) is 3.16. The van der Waals surface area contributed by atoms with E-state index in [2.05, 4.69) is 63.5 Å². The molecule has 0 aliphatic carbocycles. The second kappa shape index (κ2) is 8.53. The largest absolute Gasteiger partial charge is 0.310 e. The first-order valence-electron chi connectivity index (χ1n) is 6.72. The minimum Gasteiger partial charge on any atom is -0.310 e. The Morgan fingerprint density at radius 2 is 2.10 bits per heavy atom. The number of nitrogens with one attached hydrogen (secondary N) is 1. The second-order valence-corrected chi connectivity index (χ2v) is 8.71. The van der Waals surface area contributed by atoms with Crippen molar-refractivity contribution in [2.24, 2.45) is 0 Å². The molecule has 7 heteroatoms. The van der Waals surface area contributed by atoms with Crippen LogP contribution < -0.4 is 5.32 Å². The van der Waals surface area contributed by atoms with Crippen molar-refractivity contribution in [3.8, 4) is 0 Å². The predicted octanol–water partition coefficient (Wildman–Crippen LogP) is 5.23. The number of benzene rings is 1. The summed E-state index contributed by atoms with van der Waals surface area (Å²) < 4.78 is 3.12. The molecule has 0 bridgehead atoms. The van der Waals surface area contributed by atoms with E-state index in [1.807, 2.05) is 6.26 Å². The van der Waals surface area contributed by atoms with Gasteiger partial charge in [-0.05, 0) is 43.8 Å². The summed E-state index contributed by atoms with van der Waals surface area (Å²) in [6, 6.07) is 6.83. The first-order chi connectivity index (χ1) is 10.1. The van der Waals surface area contributed by atoms with E-state index in [0.29, 0.717) is 6.04 Å². The van der Waals surface area contributed by atoms with Gasteiger partial charge in [0.1, 0.15) is 0 Å². The van der Waals surface area contributed by atoms with Crippen molar-refractivity contribution in [3.63, 3.8) is 0 Å². The molecule has 2 aromatic rings. The van der Waals surface area contributed by atoms with Crippen LogP contribution in [-0.2, 0) is 0 Å². The van der Waals surface area contributed by atoms with Crippen LogP contribution in [0.2, 0.25) is 0 Å². The van der Waals surface area contributed by atoms with E-state index in [-0.39, 0.29) is 0 Å². The van der Waals surface area contributed by atoms with Crippen LogP contribution in [0.3, 0.4) is 0 Å². The fourth-order valence-electron chi connectivity index (χ4n) is 1.82. The zero-order valence-electron chi connectivity index (χ0n) is 12.2. The first kappa shape index (κ1) is 17.3. The Labute approximate surface area is 146 Å². The fraction of sp³-hybridized carbons (Fsp3) is 0.429. The van der Waals surface area contributed by atoms with E-state index in [9.17, 15) is 0 Å². The van der Waals surface area contributed by atoms with Gasteiger partial charge in [-0.25, -0.2) is 0 Å². The van der Waals surface area contributed by atoms with Crippen LogP contribution in [0.25, 0.3) is 0 Å². The van der Waals surface area contributed by atoms with Crippen molar-refractivity contribution in [1.29, 1.82) is 0 Å². The number of thioether (sulfide) groups is 1. The van der Waals surface area contributed by atoms with Crippen LogP contribution in [0.15, 0.2) is 36.2 Å². The number of halogens is 1. The lowest BCUT2D eigenvalue weighted by atomic mass is 10.1. The van der Waals surface area contributed by atoms with Crippen molar-refractivity contribution in [2.75, 3.05) is 12.8 Å². The summed E-state index contributed by atoms with van der Waals surface area (Å²) in [7, 11) is 0. The maximum absolute atomic E-state index is 4.19. The molecule has 0 aliphatic rings. The van der Waals surface area contributed by atoms with Crippen LogP contribution in [0, 0.1) is 0 Å². The number of rotatable bonds is 7. The molecule has 3 nitrogen and oxygen atoms in total. The Morgan fingerprint density at radius 1 is 1.33 bits per heavy atom. The summed E-state index contributed by atoms with van der Waals surface area (Å²) in [5.41, 5.74) is 1.29. The van der Waals surface area contributed by atoms with E-state index in [1.54, 1.807) is 34.9 Å². The molecule has 0 saturated carbocycles. The Kier molecular flexibility index (Phi) is 7.01. The molecule has 0 fully saturated rings. The average Bonchev–Trinajstić information content (AvgIpc) is 2.92. The van der Waals surface area contributed by atoms with Crippen LogP contribution in [0.4, 0.5) is 0 Å². The van der Waals surface area contributed by atoms with Gasteiger partial charge in [0, 0.05) is 15.4 Å². The molecular formula is C14H18BrN3S3. The number of hydrogen-bond acceptors (Lipinski definition) is 6. The first-order valence-corrected chi connectivity index (χ1v) is 10.4. The maximum Gasteiger partial charge on any atom is 0.179 e. The molecule has 0 saturated heterocycles. The molecule has 21 heavy (non-hydrogen) atoms. The van der Waals surface area contributed by atoms with Gasteiger partial charge in [-0.1, -0.05) is 63.8 Å². The van der Waals surface area contributed by atoms with Crippen molar-refractivity contribution in [2.45, 2.75) is 39.9 Å². The quantitative estimate of drug-likeness (QED) is 0.640. The topological polar surface area (TPSA) is 37.8 Å². The van der Waals surface area contributed by atoms with E-state index in [1.165, 1.54) is 10.5 Å².